The van der Waals surface area contributed by atoms with Crippen molar-refractivity contribution in [3.8, 4) is 0 Å². The number of carbonyl (C=O) groups is 1. The Morgan fingerprint density at radius 2 is 1.81 bits per heavy atom. The maximum Gasteiger partial charge on any atom is 0.178 e. The first-order chi connectivity index (χ1) is 7.45. The van der Waals surface area contributed by atoms with Crippen LogP contribution in [0.5, 0.6) is 0 Å². The maximum atomic E-state index is 11.9. The number of hydrogen-bond acceptors (Lipinski definition) is 3. The van der Waals surface area contributed by atoms with Crippen LogP contribution in [0.15, 0.2) is 29.2 Å². The van der Waals surface area contributed by atoms with Crippen LogP contribution in [0.25, 0.3) is 0 Å². The van der Waals surface area contributed by atoms with Crippen molar-refractivity contribution in [2.24, 2.45) is 5.92 Å². The lowest BCUT2D eigenvalue weighted by atomic mass is 10.2. The molecule has 1 unspecified atom stereocenters. The van der Waals surface area contributed by atoms with Gasteiger partial charge in [-0.25, -0.2) is 8.42 Å². The summed E-state index contributed by atoms with van der Waals surface area (Å²) in [5, 5.41) is 0. The van der Waals surface area contributed by atoms with Gasteiger partial charge < -0.3 is 4.79 Å². The molecule has 0 heterocycles. The highest BCUT2D eigenvalue weighted by Gasteiger charge is 2.17. The van der Waals surface area contributed by atoms with Crippen molar-refractivity contribution in [2.45, 2.75) is 25.2 Å². The molecule has 0 aliphatic heterocycles. The van der Waals surface area contributed by atoms with E-state index in [1.165, 1.54) is 0 Å². The van der Waals surface area contributed by atoms with Gasteiger partial charge in [-0.1, -0.05) is 24.6 Å². The minimum atomic E-state index is -3.26. The quantitative estimate of drug-likeness (QED) is 0.740. The summed E-state index contributed by atoms with van der Waals surface area (Å²) in [6, 6.07) is 6.77. The van der Waals surface area contributed by atoms with E-state index in [1.807, 2.05) is 6.92 Å². The monoisotopic (exact) mass is 240 g/mol. The van der Waals surface area contributed by atoms with Gasteiger partial charge >= 0.3 is 0 Å². The summed E-state index contributed by atoms with van der Waals surface area (Å²) in [6.07, 6.45) is 1.04. The van der Waals surface area contributed by atoms with Crippen molar-refractivity contribution in [3.63, 3.8) is 0 Å². The highest BCUT2D eigenvalue weighted by atomic mass is 32.2. The van der Waals surface area contributed by atoms with Crippen molar-refractivity contribution >= 4 is 16.1 Å². The molecule has 1 aromatic rings. The predicted molar refractivity (Wildman–Crippen MR) is 63.1 cm³/mol. The van der Waals surface area contributed by atoms with E-state index in [0.29, 0.717) is 4.90 Å². The first kappa shape index (κ1) is 12.9. The summed E-state index contributed by atoms with van der Waals surface area (Å²) in [4.78, 5) is 10.6. The third-order valence-electron chi connectivity index (χ3n) is 2.38. The van der Waals surface area contributed by atoms with Gasteiger partial charge in [-0.15, -0.1) is 0 Å². The number of sulfone groups is 1. The Morgan fingerprint density at radius 3 is 2.31 bits per heavy atom. The molecular formula is C12H16O3S. The van der Waals surface area contributed by atoms with Crippen LogP contribution in [0, 0.1) is 12.8 Å². The summed E-state index contributed by atoms with van der Waals surface area (Å²) in [6.45, 7) is 3.67. The summed E-state index contributed by atoms with van der Waals surface area (Å²) >= 11 is 0. The zero-order valence-corrected chi connectivity index (χ0v) is 10.3. The van der Waals surface area contributed by atoms with E-state index in [0.717, 1.165) is 11.8 Å². The van der Waals surface area contributed by atoms with Crippen LogP contribution < -0.4 is 0 Å². The Morgan fingerprint density at radius 1 is 1.25 bits per heavy atom. The topological polar surface area (TPSA) is 51.2 Å². The Bertz CT molecular complexity index is 446. The van der Waals surface area contributed by atoms with E-state index in [4.69, 9.17) is 0 Å². The Kier molecular flexibility index (Phi) is 4.24. The van der Waals surface area contributed by atoms with Gasteiger partial charge in [0.15, 0.2) is 9.84 Å². The normalized spacial score (nSPS) is 13.4. The average Bonchev–Trinajstić information content (AvgIpc) is 2.17. The molecule has 0 aromatic heterocycles. The largest absolute Gasteiger partial charge is 0.303 e. The molecule has 1 atom stereocenters. The number of benzene rings is 1. The Hall–Kier alpha value is -1.16. The number of aldehydes is 1. The smallest absolute Gasteiger partial charge is 0.178 e. The predicted octanol–water partition coefficient (Wildman–Crippen LogP) is 1.99. The fourth-order valence-corrected chi connectivity index (χ4v) is 3.08. The average molecular weight is 240 g/mol. The van der Waals surface area contributed by atoms with Crippen molar-refractivity contribution in [3.05, 3.63) is 29.8 Å². The van der Waals surface area contributed by atoms with Crippen LogP contribution in [-0.4, -0.2) is 20.5 Å². The molecule has 3 nitrogen and oxygen atoms in total. The second-order valence-electron chi connectivity index (χ2n) is 4.10. The van der Waals surface area contributed by atoms with Gasteiger partial charge in [-0.2, -0.15) is 0 Å². The molecule has 0 saturated carbocycles. The molecule has 88 valence electrons. The molecule has 0 aliphatic carbocycles. The number of hydrogen-bond donors (Lipinski definition) is 0. The van der Waals surface area contributed by atoms with Crippen LogP contribution in [0.1, 0.15) is 18.9 Å². The number of carbonyl (C=O) groups excluding carboxylic acids is 1. The summed E-state index contributed by atoms with van der Waals surface area (Å²) in [5.41, 5.74) is 1.03. The molecule has 0 bridgehead atoms. The third-order valence-corrected chi connectivity index (χ3v) is 4.38. The molecule has 16 heavy (non-hydrogen) atoms. The molecular weight excluding hydrogens is 224 g/mol. The highest BCUT2D eigenvalue weighted by Crippen LogP contribution is 2.15. The molecule has 4 heteroatoms. The second-order valence-corrected chi connectivity index (χ2v) is 6.14. The van der Waals surface area contributed by atoms with E-state index >= 15 is 0 Å². The van der Waals surface area contributed by atoms with Crippen molar-refractivity contribution in [2.75, 3.05) is 5.75 Å². The van der Waals surface area contributed by atoms with Crippen LogP contribution in [0.4, 0.5) is 0 Å². The Balaban J connectivity index is 2.85. The highest BCUT2D eigenvalue weighted by molar-refractivity contribution is 7.91. The van der Waals surface area contributed by atoms with Gasteiger partial charge in [0.1, 0.15) is 6.29 Å². The fraction of sp³-hybridized carbons (Fsp3) is 0.417. The van der Waals surface area contributed by atoms with Crippen LogP contribution in [0.3, 0.4) is 0 Å². The molecule has 0 amide bonds. The zero-order valence-electron chi connectivity index (χ0n) is 9.51. The molecule has 1 aromatic carbocycles. The molecule has 0 fully saturated rings. The standard InChI is InChI=1S/C12H16O3S/c1-10-3-5-12(6-4-10)16(14,15)9-11(2)7-8-13/h3-6,8,11H,7,9H2,1-2H3. The first-order valence-electron chi connectivity index (χ1n) is 5.19. The van der Waals surface area contributed by atoms with Gasteiger partial charge in [-0.05, 0) is 25.0 Å². The summed E-state index contributed by atoms with van der Waals surface area (Å²) in [5.74, 6) is -0.113. The van der Waals surface area contributed by atoms with Crippen LogP contribution >= 0.6 is 0 Å². The van der Waals surface area contributed by atoms with E-state index in [9.17, 15) is 13.2 Å². The van der Waals surface area contributed by atoms with E-state index in [-0.39, 0.29) is 18.1 Å². The van der Waals surface area contributed by atoms with Gasteiger partial charge in [0.25, 0.3) is 0 Å². The molecule has 0 radical (unpaired) electrons. The molecule has 0 N–H and O–H groups in total. The van der Waals surface area contributed by atoms with E-state index in [1.54, 1.807) is 31.2 Å². The lowest BCUT2D eigenvalue weighted by Crippen LogP contribution is -2.14. The zero-order chi connectivity index (χ0) is 12.2. The number of rotatable bonds is 5. The van der Waals surface area contributed by atoms with E-state index in [2.05, 4.69) is 0 Å². The first-order valence-corrected chi connectivity index (χ1v) is 6.84. The van der Waals surface area contributed by atoms with Crippen LogP contribution in [-0.2, 0) is 14.6 Å². The van der Waals surface area contributed by atoms with Gasteiger partial charge in [0.2, 0.25) is 0 Å². The number of aryl methyl sites for hydroxylation is 1. The summed E-state index contributed by atoms with van der Waals surface area (Å²) in [7, 11) is -3.26. The van der Waals surface area contributed by atoms with E-state index < -0.39 is 9.84 Å². The second kappa shape index (κ2) is 5.25. The van der Waals surface area contributed by atoms with Crippen molar-refractivity contribution in [1.29, 1.82) is 0 Å². The minimum Gasteiger partial charge on any atom is -0.303 e. The van der Waals surface area contributed by atoms with Gasteiger partial charge in [0, 0.05) is 6.42 Å². The molecule has 0 spiro atoms. The van der Waals surface area contributed by atoms with Gasteiger partial charge in [0.05, 0.1) is 10.6 Å². The lowest BCUT2D eigenvalue weighted by Gasteiger charge is -2.09. The molecule has 0 saturated heterocycles. The lowest BCUT2D eigenvalue weighted by molar-refractivity contribution is -0.108. The summed E-state index contributed by atoms with van der Waals surface area (Å²) < 4.78 is 23.8. The van der Waals surface area contributed by atoms with Gasteiger partial charge in [-0.3, -0.25) is 0 Å². The van der Waals surface area contributed by atoms with Crippen LogP contribution in [0.2, 0.25) is 0 Å². The van der Waals surface area contributed by atoms with Crippen molar-refractivity contribution < 1.29 is 13.2 Å². The SMILES string of the molecule is Cc1ccc(S(=O)(=O)CC(C)CC=O)cc1. The molecule has 0 aliphatic rings. The molecule has 1 rings (SSSR count). The Labute approximate surface area is 96.4 Å². The fourth-order valence-electron chi connectivity index (χ4n) is 1.45. The third kappa shape index (κ3) is 3.45. The minimum absolute atomic E-state index is 0.0226. The maximum absolute atomic E-state index is 11.9. The van der Waals surface area contributed by atoms with Crippen molar-refractivity contribution in [1.82, 2.24) is 0 Å².